The van der Waals surface area contributed by atoms with Crippen molar-refractivity contribution in [3.8, 4) is 28.6 Å². The molecule has 8 aromatic rings. The molecular formula is C41H28F3N3. The zero-order valence-electron chi connectivity index (χ0n) is 25.9. The average Bonchev–Trinajstić information content (AvgIpc) is 3.56. The van der Waals surface area contributed by atoms with Crippen molar-refractivity contribution in [3.05, 3.63) is 143 Å². The van der Waals surface area contributed by atoms with Crippen LogP contribution >= 0.6 is 0 Å². The number of halogens is 3. The number of alkyl halides is 3. The molecule has 0 unspecified atom stereocenters. The molecule has 8 rings (SSSR count). The number of nitriles is 1. The monoisotopic (exact) mass is 619 g/mol. The highest BCUT2D eigenvalue weighted by Gasteiger charge is 2.36. The largest absolute Gasteiger partial charge is 0.417 e. The molecule has 0 atom stereocenters. The third kappa shape index (κ3) is 4.34. The van der Waals surface area contributed by atoms with Crippen LogP contribution in [0.5, 0.6) is 0 Å². The Balaban J connectivity index is 1.65. The van der Waals surface area contributed by atoms with Gasteiger partial charge in [-0.25, -0.2) is 0 Å². The minimum absolute atomic E-state index is 0.0885. The molecule has 0 bridgehead atoms. The predicted octanol–water partition coefficient (Wildman–Crippen LogP) is 11.4. The quantitative estimate of drug-likeness (QED) is 0.194. The highest BCUT2D eigenvalue weighted by atomic mass is 19.4. The number of benzene rings is 6. The number of nitrogens with zero attached hydrogens (tertiary/aromatic N) is 3. The lowest BCUT2D eigenvalue weighted by Crippen LogP contribution is -2.12. The third-order valence-electron chi connectivity index (χ3n) is 9.19. The predicted molar refractivity (Wildman–Crippen MR) is 184 cm³/mol. The van der Waals surface area contributed by atoms with Crippen molar-refractivity contribution in [1.29, 1.82) is 5.26 Å². The van der Waals surface area contributed by atoms with Gasteiger partial charge < -0.3 is 9.13 Å². The lowest BCUT2D eigenvalue weighted by molar-refractivity contribution is -0.137. The molecule has 3 nitrogen and oxygen atoms in total. The number of fused-ring (bicyclic) bond motifs is 6. The summed E-state index contributed by atoms with van der Waals surface area (Å²) < 4.78 is 49.2. The fourth-order valence-electron chi connectivity index (χ4n) is 7.21. The minimum atomic E-state index is -4.63. The molecule has 47 heavy (non-hydrogen) atoms. The van der Waals surface area contributed by atoms with Crippen LogP contribution in [0, 0.1) is 32.1 Å². The highest BCUT2D eigenvalue weighted by molar-refractivity contribution is 6.12. The molecule has 6 heteroatoms. The molecule has 2 aromatic heterocycles. The Bertz CT molecular complexity index is 2470. The summed E-state index contributed by atoms with van der Waals surface area (Å²) in [4.78, 5) is 0. The summed E-state index contributed by atoms with van der Waals surface area (Å²) in [5, 5.41) is 14.4. The maximum Gasteiger partial charge on any atom is 0.417 e. The van der Waals surface area contributed by atoms with E-state index in [0.717, 1.165) is 60.8 Å². The van der Waals surface area contributed by atoms with Crippen molar-refractivity contribution in [3.63, 3.8) is 0 Å². The number of aryl methyl sites for hydroxylation is 3. The Morgan fingerprint density at radius 1 is 0.532 bits per heavy atom. The van der Waals surface area contributed by atoms with Crippen LogP contribution in [0.3, 0.4) is 0 Å². The van der Waals surface area contributed by atoms with Gasteiger partial charge in [0.2, 0.25) is 0 Å². The fourth-order valence-corrected chi connectivity index (χ4v) is 7.21. The van der Waals surface area contributed by atoms with Gasteiger partial charge in [0.1, 0.15) is 0 Å². The summed E-state index contributed by atoms with van der Waals surface area (Å²) in [7, 11) is 0. The zero-order chi connectivity index (χ0) is 32.6. The van der Waals surface area contributed by atoms with Gasteiger partial charge >= 0.3 is 6.18 Å². The van der Waals surface area contributed by atoms with Crippen LogP contribution in [0.1, 0.15) is 27.8 Å². The van der Waals surface area contributed by atoms with Crippen LogP contribution in [0.25, 0.3) is 66.1 Å². The van der Waals surface area contributed by atoms with Gasteiger partial charge in [0.15, 0.2) is 0 Å². The third-order valence-corrected chi connectivity index (χ3v) is 9.19. The van der Waals surface area contributed by atoms with Crippen molar-refractivity contribution in [2.75, 3.05) is 0 Å². The molecule has 0 aliphatic carbocycles. The first kappa shape index (κ1) is 28.7. The normalized spacial score (nSPS) is 12.0. The second kappa shape index (κ2) is 10.4. The van der Waals surface area contributed by atoms with E-state index in [9.17, 15) is 5.26 Å². The van der Waals surface area contributed by atoms with E-state index in [1.807, 2.05) is 95.8 Å². The van der Waals surface area contributed by atoms with E-state index in [1.54, 1.807) is 25.1 Å². The van der Waals surface area contributed by atoms with E-state index in [4.69, 9.17) is 0 Å². The van der Waals surface area contributed by atoms with Crippen molar-refractivity contribution in [2.45, 2.75) is 26.9 Å². The maximum absolute atomic E-state index is 15.0. The molecule has 2 heterocycles. The Labute approximate surface area is 269 Å². The Morgan fingerprint density at radius 2 is 1.02 bits per heavy atom. The van der Waals surface area contributed by atoms with Crippen molar-refractivity contribution >= 4 is 43.6 Å². The van der Waals surface area contributed by atoms with Crippen LogP contribution in [0.15, 0.2) is 115 Å². The van der Waals surface area contributed by atoms with Crippen LogP contribution < -0.4 is 0 Å². The SMILES string of the molecule is Cc1ccc2c(c1)c1ccccc1n2-c1cc(C#N)cc(-n2c3ccccc3c3cc(C)ccc32)c1-c1c(C)cccc1C(F)(F)F. The molecule has 0 N–H and O–H groups in total. The van der Waals surface area contributed by atoms with Crippen LogP contribution in [0.4, 0.5) is 13.2 Å². The second-order valence-corrected chi connectivity index (χ2v) is 12.2. The van der Waals surface area contributed by atoms with Gasteiger partial charge in [-0.2, -0.15) is 18.4 Å². The molecule has 0 amide bonds. The lowest BCUT2D eigenvalue weighted by atomic mass is 9.90. The average molecular weight is 620 g/mol. The first-order chi connectivity index (χ1) is 22.7. The first-order valence-electron chi connectivity index (χ1n) is 15.4. The molecule has 0 saturated heterocycles. The fraction of sp³-hybridized carbons (Fsp3) is 0.0976. The van der Waals surface area contributed by atoms with Gasteiger partial charge in [0.05, 0.1) is 50.6 Å². The van der Waals surface area contributed by atoms with Crippen LogP contribution in [-0.2, 0) is 6.18 Å². The maximum atomic E-state index is 15.0. The Hall–Kier alpha value is -5.80. The van der Waals surface area contributed by atoms with Crippen LogP contribution in [0.2, 0.25) is 0 Å². The summed E-state index contributed by atoms with van der Waals surface area (Å²) in [6.45, 7) is 5.78. The van der Waals surface area contributed by atoms with E-state index in [0.29, 0.717) is 28.1 Å². The van der Waals surface area contributed by atoms with Crippen molar-refractivity contribution < 1.29 is 13.2 Å². The minimum Gasteiger partial charge on any atom is -0.308 e. The first-order valence-corrected chi connectivity index (χ1v) is 15.4. The summed E-state index contributed by atoms with van der Waals surface area (Å²) in [5.41, 5.74) is 7.14. The summed E-state index contributed by atoms with van der Waals surface area (Å²) in [6, 6.07) is 38.2. The summed E-state index contributed by atoms with van der Waals surface area (Å²) >= 11 is 0. The standard InChI is InChI=1S/C41H28F3N3/c1-24-15-17-35-30(19-24)28-10-4-6-13-33(28)46(35)37-21-27(23-45)22-38(40(37)39-26(3)9-8-12-32(39)41(42,43)44)47-34-14-7-5-11-29(34)31-20-25(2)16-18-36(31)47/h4-22H,1-3H3. The summed E-state index contributed by atoms with van der Waals surface area (Å²) in [6.07, 6.45) is -4.63. The molecular weight excluding hydrogens is 591 g/mol. The van der Waals surface area contributed by atoms with Gasteiger partial charge in [-0.3, -0.25) is 0 Å². The lowest BCUT2D eigenvalue weighted by Gasteiger charge is -2.24. The number of hydrogen-bond acceptors (Lipinski definition) is 1. The molecule has 0 saturated carbocycles. The van der Waals surface area contributed by atoms with Crippen molar-refractivity contribution in [2.24, 2.45) is 0 Å². The van der Waals surface area contributed by atoms with Crippen LogP contribution in [-0.4, -0.2) is 9.13 Å². The Morgan fingerprint density at radius 3 is 1.51 bits per heavy atom. The van der Waals surface area contributed by atoms with E-state index in [1.165, 1.54) is 6.07 Å². The van der Waals surface area contributed by atoms with Gasteiger partial charge in [-0.1, -0.05) is 71.8 Å². The highest BCUT2D eigenvalue weighted by Crippen LogP contribution is 2.47. The number of hydrogen-bond donors (Lipinski definition) is 0. The van der Waals surface area contributed by atoms with Crippen molar-refractivity contribution in [1.82, 2.24) is 9.13 Å². The van der Waals surface area contributed by atoms with Gasteiger partial charge in [0.25, 0.3) is 0 Å². The van der Waals surface area contributed by atoms with Gasteiger partial charge in [-0.15, -0.1) is 0 Å². The topological polar surface area (TPSA) is 33.6 Å². The van der Waals surface area contributed by atoms with E-state index < -0.39 is 11.7 Å². The molecule has 0 fully saturated rings. The number of rotatable bonds is 3. The molecule has 0 radical (unpaired) electrons. The molecule has 6 aromatic carbocycles. The Kier molecular flexibility index (Phi) is 6.32. The van der Waals surface area contributed by atoms with E-state index in [-0.39, 0.29) is 5.56 Å². The second-order valence-electron chi connectivity index (χ2n) is 12.2. The molecule has 0 aliphatic rings. The molecule has 0 spiro atoms. The zero-order valence-corrected chi connectivity index (χ0v) is 25.9. The summed E-state index contributed by atoms with van der Waals surface area (Å²) in [5.74, 6) is 0. The smallest absolute Gasteiger partial charge is 0.308 e. The number of para-hydroxylation sites is 2. The van der Waals surface area contributed by atoms with E-state index in [2.05, 4.69) is 18.2 Å². The molecule has 0 aliphatic heterocycles. The van der Waals surface area contributed by atoms with E-state index >= 15 is 13.2 Å². The van der Waals surface area contributed by atoms with Gasteiger partial charge in [-0.05, 0) is 80.9 Å². The molecule has 228 valence electrons. The van der Waals surface area contributed by atoms with Gasteiger partial charge in [0, 0.05) is 32.7 Å². The number of aromatic nitrogens is 2.